The molecule has 0 aromatic heterocycles. The van der Waals surface area contributed by atoms with Gasteiger partial charge in [-0.15, -0.1) is 0 Å². The number of sulfonamides is 1. The van der Waals surface area contributed by atoms with Crippen LogP contribution in [-0.4, -0.2) is 44.3 Å². The number of hydrogen-bond acceptors (Lipinski definition) is 5. The van der Waals surface area contributed by atoms with Crippen molar-refractivity contribution < 1.29 is 22.7 Å². The molecule has 0 saturated heterocycles. The van der Waals surface area contributed by atoms with Crippen LogP contribution < -0.4 is 14.4 Å². The first-order valence-corrected chi connectivity index (χ1v) is 18.6. The van der Waals surface area contributed by atoms with Crippen molar-refractivity contribution in [2.45, 2.75) is 37.8 Å². The van der Waals surface area contributed by atoms with Gasteiger partial charge in [0.25, 0.3) is 10.0 Å². The number of amides is 2. The van der Waals surface area contributed by atoms with Crippen LogP contribution in [0.5, 0.6) is 11.5 Å². The summed E-state index contributed by atoms with van der Waals surface area (Å²) < 4.78 is 36.4. The average Bonchev–Trinajstić information content (AvgIpc) is 3.12. The monoisotopic (exact) mass is 753 g/mol. The van der Waals surface area contributed by atoms with Crippen LogP contribution in [0.3, 0.4) is 0 Å². The third-order valence-electron chi connectivity index (χ3n) is 7.91. The smallest absolute Gasteiger partial charge is 0.264 e. The summed E-state index contributed by atoms with van der Waals surface area (Å²) in [6.07, 6.45) is 0.238. The molecule has 0 aliphatic carbocycles. The number of para-hydroxylation sites is 1. The highest BCUT2D eigenvalue weighted by molar-refractivity contribution is 9.10. The average molecular weight is 755 g/mol. The highest BCUT2D eigenvalue weighted by Crippen LogP contribution is 2.29. The minimum absolute atomic E-state index is 0.0338. The number of carbonyl (C=O) groups is 2. The lowest BCUT2D eigenvalue weighted by atomic mass is 10.0. The van der Waals surface area contributed by atoms with E-state index in [0.717, 1.165) is 19.9 Å². The van der Waals surface area contributed by atoms with Crippen LogP contribution in [0.25, 0.3) is 0 Å². The third kappa shape index (κ3) is 9.83. The van der Waals surface area contributed by atoms with E-state index in [1.165, 1.54) is 17.0 Å². The fourth-order valence-corrected chi connectivity index (χ4v) is 7.24. The Labute approximate surface area is 302 Å². The van der Waals surface area contributed by atoms with Crippen molar-refractivity contribution in [3.8, 4) is 11.5 Å². The van der Waals surface area contributed by atoms with Gasteiger partial charge in [0.2, 0.25) is 11.8 Å². The van der Waals surface area contributed by atoms with Crippen LogP contribution in [0.15, 0.2) is 149 Å². The minimum atomic E-state index is -4.22. The van der Waals surface area contributed by atoms with Crippen LogP contribution in [0, 0.1) is 5.92 Å². The van der Waals surface area contributed by atoms with E-state index in [1.54, 1.807) is 42.5 Å². The standard InChI is InChI=1S/C40H40BrN3O5S/c1-30(2)27-42-40(46)38(26-31-13-6-3-7-14-31)43(28-32-15-12-16-33(41)25-32)39(45)29-44(50(47,48)37-19-10-5-11-20-37)34-21-23-36(24-22-34)49-35-17-8-4-9-18-35/h3-25,30,38H,26-29H2,1-2H3,(H,42,46)/t38-/m1/s1. The Bertz CT molecular complexity index is 1960. The second-order valence-electron chi connectivity index (χ2n) is 12.2. The van der Waals surface area contributed by atoms with Crippen molar-refractivity contribution in [3.05, 3.63) is 155 Å². The van der Waals surface area contributed by atoms with Gasteiger partial charge in [-0.3, -0.25) is 13.9 Å². The van der Waals surface area contributed by atoms with Gasteiger partial charge in [0.15, 0.2) is 0 Å². The Morgan fingerprint density at radius 2 is 1.32 bits per heavy atom. The first-order chi connectivity index (χ1) is 24.1. The van der Waals surface area contributed by atoms with E-state index in [1.807, 2.05) is 98.8 Å². The highest BCUT2D eigenvalue weighted by Gasteiger charge is 2.34. The summed E-state index contributed by atoms with van der Waals surface area (Å²) in [4.78, 5) is 30.2. The number of hydrogen-bond donors (Lipinski definition) is 1. The fourth-order valence-electron chi connectivity index (χ4n) is 5.36. The van der Waals surface area contributed by atoms with E-state index >= 15 is 0 Å². The molecule has 10 heteroatoms. The number of anilines is 1. The number of nitrogens with one attached hydrogen (secondary N) is 1. The zero-order valence-electron chi connectivity index (χ0n) is 28.0. The molecule has 5 aromatic carbocycles. The second-order valence-corrected chi connectivity index (χ2v) is 15.0. The predicted molar refractivity (Wildman–Crippen MR) is 200 cm³/mol. The van der Waals surface area contributed by atoms with Gasteiger partial charge >= 0.3 is 0 Å². The Morgan fingerprint density at radius 3 is 1.94 bits per heavy atom. The lowest BCUT2D eigenvalue weighted by Crippen LogP contribution is -2.53. The van der Waals surface area contributed by atoms with Crippen LogP contribution in [0.1, 0.15) is 25.0 Å². The zero-order valence-corrected chi connectivity index (χ0v) is 30.4. The first kappa shape index (κ1) is 36.4. The van der Waals surface area contributed by atoms with Crippen molar-refractivity contribution in [2.24, 2.45) is 5.92 Å². The summed E-state index contributed by atoms with van der Waals surface area (Å²) in [6, 6.07) is 39.9. The van der Waals surface area contributed by atoms with Crippen LogP contribution in [-0.2, 0) is 32.6 Å². The predicted octanol–water partition coefficient (Wildman–Crippen LogP) is 7.85. The van der Waals surface area contributed by atoms with Gasteiger partial charge in [0, 0.05) is 24.0 Å². The van der Waals surface area contributed by atoms with Crippen LogP contribution in [0.2, 0.25) is 0 Å². The number of carbonyl (C=O) groups excluding carboxylic acids is 2. The van der Waals surface area contributed by atoms with E-state index in [0.29, 0.717) is 18.0 Å². The Morgan fingerprint density at radius 1 is 0.740 bits per heavy atom. The first-order valence-electron chi connectivity index (χ1n) is 16.4. The summed E-state index contributed by atoms with van der Waals surface area (Å²) >= 11 is 3.52. The lowest BCUT2D eigenvalue weighted by molar-refractivity contribution is -0.140. The third-order valence-corrected chi connectivity index (χ3v) is 10.2. The molecular formula is C40H40BrN3O5S. The summed E-state index contributed by atoms with van der Waals surface area (Å²) in [6.45, 7) is 3.95. The molecule has 0 fully saturated rings. The Kier molecular flexibility index (Phi) is 12.5. The molecule has 5 aromatic rings. The van der Waals surface area contributed by atoms with Crippen molar-refractivity contribution in [2.75, 3.05) is 17.4 Å². The molecule has 0 unspecified atom stereocenters. The van der Waals surface area contributed by atoms with Crippen LogP contribution >= 0.6 is 15.9 Å². The number of halogens is 1. The zero-order chi connectivity index (χ0) is 35.5. The van der Waals surface area contributed by atoms with Crippen molar-refractivity contribution in [1.29, 1.82) is 0 Å². The molecule has 5 rings (SSSR count). The largest absolute Gasteiger partial charge is 0.457 e. The molecule has 1 atom stereocenters. The van der Waals surface area contributed by atoms with E-state index in [-0.39, 0.29) is 35.4 Å². The molecule has 0 bridgehead atoms. The molecule has 0 aliphatic rings. The quantitative estimate of drug-likeness (QED) is 0.118. The van der Waals surface area contributed by atoms with Crippen molar-refractivity contribution in [1.82, 2.24) is 10.2 Å². The van der Waals surface area contributed by atoms with Crippen molar-refractivity contribution >= 4 is 43.5 Å². The Balaban J connectivity index is 1.54. The molecule has 0 aliphatic heterocycles. The maximum absolute atomic E-state index is 14.7. The summed E-state index contributed by atoms with van der Waals surface area (Å²) in [5.74, 6) is 0.475. The molecule has 8 nitrogen and oxygen atoms in total. The molecule has 2 amide bonds. The van der Waals surface area contributed by atoms with Gasteiger partial charge in [-0.1, -0.05) is 109 Å². The van der Waals surface area contributed by atoms with Gasteiger partial charge in [-0.25, -0.2) is 8.42 Å². The Hall–Kier alpha value is -4.93. The SMILES string of the molecule is CC(C)CNC(=O)[C@@H](Cc1ccccc1)N(Cc1cccc(Br)c1)C(=O)CN(c1ccc(Oc2ccccc2)cc1)S(=O)(=O)c1ccccc1. The molecule has 258 valence electrons. The summed E-state index contributed by atoms with van der Waals surface area (Å²) in [5, 5.41) is 3.01. The summed E-state index contributed by atoms with van der Waals surface area (Å²) in [7, 11) is -4.22. The normalized spacial score (nSPS) is 11.8. The minimum Gasteiger partial charge on any atom is -0.457 e. The van der Waals surface area contributed by atoms with Gasteiger partial charge < -0.3 is 15.0 Å². The van der Waals surface area contributed by atoms with Gasteiger partial charge in [0.1, 0.15) is 24.1 Å². The lowest BCUT2D eigenvalue weighted by Gasteiger charge is -2.34. The van der Waals surface area contributed by atoms with E-state index in [4.69, 9.17) is 4.74 Å². The molecule has 0 heterocycles. The van der Waals surface area contributed by atoms with E-state index in [2.05, 4.69) is 21.2 Å². The molecular weight excluding hydrogens is 714 g/mol. The van der Waals surface area contributed by atoms with E-state index < -0.39 is 28.5 Å². The number of benzene rings is 5. The molecule has 0 radical (unpaired) electrons. The molecule has 0 saturated carbocycles. The summed E-state index contributed by atoms with van der Waals surface area (Å²) in [5.41, 5.74) is 1.92. The fraction of sp³-hybridized carbons (Fsp3) is 0.200. The molecule has 1 N–H and O–H groups in total. The second kappa shape index (κ2) is 17.1. The maximum Gasteiger partial charge on any atom is 0.264 e. The van der Waals surface area contributed by atoms with Crippen molar-refractivity contribution in [3.63, 3.8) is 0 Å². The maximum atomic E-state index is 14.7. The number of nitrogens with zero attached hydrogens (tertiary/aromatic N) is 2. The topological polar surface area (TPSA) is 96.0 Å². The highest BCUT2D eigenvalue weighted by atomic mass is 79.9. The van der Waals surface area contributed by atoms with Gasteiger partial charge in [0.05, 0.1) is 10.6 Å². The number of ether oxygens (including phenoxy) is 1. The van der Waals surface area contributed by atoms with Gasteiger partial charge in [-0.2, -0.15) is 0 Å². The number of rotatable bonds is 15. The molecule has 0 spiro atoms. The van der Waals surface area contributed by atoms with Gasteiger partial charge in [-0.05, 0) is 77.7 Å². The van der Waals surface area contributed by atoms with Crippen LogP contribution in [0.4, 0.5) is 5.69 Å². The molecule has 50 heavy (non-hydrogen) atoms. The van der Waals surface area contributed by atoms with E-state index in [9.17, 15) is 18.0 Å².